The fourth-order valence-corrected chi connectivity index (χ4v) is 5.41. The summed E-state index contributed by atoms with van der Waals surface area (Å²) in [6, 6.07) is 0.372. The number of likely N-dealkylation sites (tertiary alicyclic amines) is 1. The van der Waals surface area contributed by atoms with E-state index in [1.54, 1.807) is 11.3 Å². The minimum Gasteiger partial charge on any atom is -0.394 e. The lowest BCUT2D eigenvalue weighted by Crippen LogP contribution is -2.65. The Bertz CT molecular complexity index is 522. The van der Waals surface area contributed by atoms with Crippen LogP contribution in [0.4, 0.5) is 0 Å². The quantitative estimate of drug-likeness (QED) is 0.913. The van der Waals surface area contributed by atoms with Crippen LogP contribution in [-0.4, -0.2) is 57.6 Å². The smallest absolute Gasteiger partial charge is 0.223 e. The second kappa shape index (κ2) is 5.91. The van der Waals surface area contributed by atoms with Crippen LogP contribution in [0.3, 0.4) is 0 Å². The predicted octanol–water partition coefficient (Wildman–Crippen LogP) is 1.34. The maximum atomic E-state index is 12.4. The highest BCUT2D eigenvalue weighted by Gasteiger charge is 2.48. The molecule has 1 amide bonds. The molecular formula is C16H23N3O2S. The molecule has 5 nitrogen and oxygen atoms in total. The molecule has 6 heteroatoms. The highest BCUT2D eigenvalue weighted by atomic mass is 32.1. The summed E-state index contributed by atoms with van der Waals surface area (Å²) in [5.74, 6) is 1.24. The maximum Gasteiger partial charge on any atom is 0.223 e. The fraction of sp³-hybridized carbons (Fsp3) is 0.750. The van der Waals surface area contributed by atoms with Gasteiger partial charge in [-0.15, -0.1) is 11.3 Å². The number of aliphatic hydroxyl groups excluding tert-OH is 1. The third-order valence-corrected chi connectivity index (χ3v) is 6.39. The van der Waals surface area contributed by atoms with Gasteiger partial charge >= 0.3 is 0 Å². The Hall–Kier alpha value is -0.980. The standard InChI is InChI=1S/C16H23N3O2S/c20-9-15-12-4-11(14-2-1-3-16(21)19(14)15)6-18(7-12)8-13-5-17-10-22-13/h5,10-12,14-15,20H,1-4,6-9H2/t11-,12+,14+,15+/m1/s1. The zero-order valence-corrected chi connectivity index (χ0v) is 13.5. The molecule has 3 aliphatic heterocycles. The molecule has 4 rings (SSSR count). The zero-order valence-electron chi connectivity index (χ0n) is 12.7. The van der Waals surface area contributed by atoms with Crippen molar-refractivity contribution >= 4 is 17.2 Å². The number of carbonyl (C=O) groups excluding carboxylic acids is 1. The topological polar surface area (TPSA) is 56.7 Å². The van der Waals surface area contributed by atoms with Gasteiger partial charge in [-0.05, 0) is 31.1 Å². The number of nitrogens with zero attached hydrogens (tertiary/aromatic N) is 3. The van der Waals surface area contributed by atoms with E-state index in [-0.39, 0.29) is 18.6 Å². The molecular weight excluding hydrogens is 298 g/mol. The van der Waals surface area contributed by atoms with Crippen LogP contribution in [0.5, 0.6) is 0 Å². The summed E-state index contributed by atoms with van der Waals surface area (Å²) in [5, 5.41) is 9.88. The lowest BCUT2D eigenvalue weighted by molar-refractivity contribution is -0.155. The first-order chi connectivity index (χ1) is 10.8. The molecule has 1 aromatic heterocycles. The number of amides is 1. The molecule has 0 saturated carbocycles. The average Bonchev–Trinajstić information content (AvgIpc) is 3.01. The lowest BCUT2D eigenvalue weighted by Gasteiger charge is -2.56. The summed E-state index contributed by atoms with van der Waals surface area (Å²) >= 11 is 1.71. The molecule has 0 unspecified atom stereocenters. The van der Waals surface area contributed by atoms with Gasteiger partial charge in [-0.3, -0.25) is 14.7 Å². The highest BCUT2D eigenvalue weighted by Crippen LogP contribution is 2.41. The number of fused-ring (bicyclic) bond motifs is 4. The number of aromatic nitrogens is 1. The molecule has 1 aromatic rings. The van der Waals surface area contributed by atoms with Gasteiger partial charge in [-0.25, -0.2) is 0 Å². The molecule has 22 heavy (non-hydrogen) atoms. The summed E-state index contributed by atoms with van der Waals surface area (Å²) < 4.78 is 0. The Kier molecular flexibility index (Phi) is 3.92. The van der Waals surface area contributed by atoms with Crippen LogP contribution in [0.2, 0.25) is 0 Å². The van der Waals surface area contributed by atoms with Crippen molar-refractivity contribution in [2.24, 2.45) is 11.8 Å². The molecule has 2 bridgehead atoms. The van der Waals surface area contributed by atoms with Crippen molar-refractivity contribution < 1.29 is 9.90 Å². The lowest BCUT2D eigenvalue weighted by atomic mass is 9.72. The third-order valence-electron chi connectivity index (χ3n) is 5.62. The van der Waals surface area contributed by atoms with Crippen molar-refractivity contribution in [1.82, 2.24) is 14.8 Å². The summed E-state index contributed by atoms with van der Waals surface area (Å²) in [4.78, 5) is 22.4. The van der Waals surface area contributed by atoms with Gasteiger partial charge in [0.2, 0.25) is 5.91 Å². The monoisotopic (exact) mass is 321 g/mol. The third kappa shape index (κ3) is 2.47. The molecule has 0 radical (unpaired) electrons. The number of hydrogen-bond acceptors (Lipinski definition) is 5. The second-order valence-corrected chi connectivity index (χ2v) is 7.90. The second-order valence-electron chi connectivity index (χ2n) is 6.93. The van der Waals surface area contributed by atoms with E-state index in [4.69, 9.17) is 0 Å². The molecule has 0 aliphatic carbocycles. The maximum absolute atomic E-state index is 12.4. The minimum atomic E-state index is 0.0262. The number of piperidine rings is 3. The van der Waals surface area contributed by atoms with Crippen molar-refractivity contribution in [3.63, 3.8) is 0 Å². The number of rotatable bonds is 3. The Labute approximate surface area is 134 Å². The van der Waals surface area contributed by atoms with E-state index < -0.39 is 0 Å². The van der Waals surface area contributed by atoms with Gasteiger partial charge < -0.3 is 10.0 Å². The number of thiazole rings is 1. The van der Waals surface area contributed by atoms with Crippen LogP contribution in [0.1, 0.15) is 30.6 Å². The van der Waals surface area contributed by atoms with Crippen molar-refractivity contribution in [3.05, 3.63) is 16.6 Å². The van der Waals surface area contributed by atoms with Gasteiger partial charge in [0.1, 0.15) is 0 Å². The Balaban J connectivity index is 1.55. The summed E-state index contributed by atoms with van der Waals surface area (Å²) in [6.07, 6.45) is 5.90. The van der Waals surface area contributed by atoms with E-state index in [0.29, 0.717) is 24.3 Å². The van der Waals surface area contributed by atoms with E-state index in [1.165, 1.54) is 11.3 Å². The van der Waals surface area contributed by atoms with E-state index in [0.717, 1.165) is 32.5 Å². The van der Waals surface area contributed by atoms with Gasteiger partial charge in [0.25, 0.3) is 0 Å². The predicted molar refractivity (Wildman–Crippen MR) is 84.3 cm³/mol. The Morgan fingerprint density at radius 1 is 1.36 bits per heavy atom. The molecule has 3 fully saturated rings. The van der Waals surface area contributed by atoms with E-state index in [2.05, 4.69) is 14.8 Å². The van der Waals surface area contributed by atoms with Crippen LogP contribution >= 0.6 is 11.3 Å². The molecule has 4 atom stereocenters. The largest absolute Gasteiger partial charge is 0.394 e. The van der Waals surface area contributed by atoms with E-state index in [1.807, 2.05) is 11.7 Å². The van der Waals surface area contributed by atoms with Crippen LogP contribution in [0.25, 0.3) is 0 Å². The van der Waals surface area contributed by atoms with E-state index in [9.17, 15) is 9.90 Å². The van der Waals surface area contributed by atoms with Gasteiger partial charge in [-0.1, -0.05) is 0 Å². The van der Waals surface area contributed by atoms with Crippen LogP contribution in [0.15, 0.2) is 11.7 Å². The van der Waals surface area contributed by atoms with E-state index >= 15 is 0 Å². The fourth-order valence-electron chi connectivity index (χ4n) is 4.78. The van der Waals surface area contributed by atoms with Gasteiger partial charge in [0.05, 0.1) is 18.2 Å². The molecule has 3 aliphatic rings. The molecule has 120 valence electrons. The van der Waals surface area contributed by atoms with Crippen LogP contribution in [-0.2, 0) is 11.3 Å². The molecule has 0 aromatic carbocycles. The van der Waals surface area contributed by atoms with Gasteiger partial charge in [0, 0.05) is 43.2 Å². The number of aliphatic hydroxyl groups is 1. The molecule has 1 N–H and O–H groups in total. The Morgan fingerprint density at radius 3 is 3.00 bits per heavy atom. The molecule has 3 saturated heterocycles. The zero-order chi connectivity index (χ0) is 15.1. The SMILES string of the molecule is O=C1CCC[C@H]2[C@@H]3C[C@@H](CN(Cc4cncs4)C3)[C@H](CO)N12. The molecule has 4 heterocycles. The number of hydrogen-bond donors (Lipinski definition) is 1. The minimum absolute atomic E-state index is 0.0262. The first kappa shape index (κ1) is 14.6. The van der Waals surface area contributed by atoms with Crippen molar-refractivity contribution in [2.75, 3.05) is 19.7 Å². The van der Waals surface area contributed by atoms with Gasteiger partial charge in [0.15, 0.2) is 0 Å². The molecule has 0 spiro atoms. The highest BCUT2D eigenvalue weighted by molar-refractivity contribution is 7.09. The normalized spacial score (nSPS) is 35.5. The van der Waals surface area contributed by atoms with Crippen LogP contribution in [0, 0.1) is 11.8 Å². The van der Waals surface area contributed by atoms with Crippen molar-refractivity contribution in [1.29, 1.82) is 0 Å². The number of carbonyl (C=O) groups is 1. The van der Waals surface area contributed by atoms with Crippen LogP contribution < -0.4 is 0 Å². The first-order valence-corrected chi connectivity index (χ1v) is 9.16. The summed E-state index contributed by atoms with van der Waals surface area (Å²) in [5.41, 5.74) is 1.89. The first-order valence-electron chi connectivity index (χ1n) is 8.28. The average molecular weight is 321 g/mol. The van der Waals surface area contributed by atoms with Crippen molar-refractivity contribution in [2.45, 2.75) is 44.3 Å². The Morgan fingerprint density at radius 2 is 2.23 bits per heavy atom. The van der Waals surface area contributed by atoms with Gasteiger partial charge in [-0.2, -0.15) is 0 Å². The van der Waals surface area contributed by atoms with Crippen molar-refractivity contribution in [3.8, 4) is 0 Å². The summed E-state index contributed by atoms with van der Waals surface area (Å²) in [6.45, 7) is 3.11. The summed E-state index contributed by atoms with van der Waals surface area (Å²) in [7, 11) is 0.